The molecule has 0 aromatic carbocycles. The highest BCUT2D eigenvalue weighted by Gasteiger charge is 2.70. The molecule has 0 radical (unpaired) electrons. The molecule has 0 aromatic rings. The summed E-state index contributed by atoms with van der Waals surface area (Å²) in [6, 6.07) is 0. The van der Waals surface area contributed by atoms with Gasteiger partial charge in [-0.1, -0.05) is 54.5 Å². The number of ketones is 1. The van der Waals surface area contributed by atoms with Gasteiger partial charge >= 0.3 is 0 Å². The third-order valence-corrected chi connectivity index (χ3v) is 14.7. The van der Waals surface area contributed by atoms with E-state index in [1.54, 1.807) is 0 Å². The van der Waals surface area contributed by atoms with E-state index in [1.807, 2.05) is 0 Å². The SMILES string of the molecule is CC(C)C[C@@H]1CC[C@]2(COC3CCCCO3)CC[C@]3(C)[C@H](CCC4[C@@]5(C)C=C(C=O)C(=O)C(C)(C)[C@@H]5CC[C@]43C)[C@@H]12. The molecule has 4 saturated carbocycles. The van der Waals surface area contributed by atoms with Crippen molar-refractivity contribution in [2.24, 2.45) is 62.6 Å². The minimum Gasteiger partial charge on any atom is -0.353 e. The van der Waals surface area contributed by atoms with E-state index in [0.717, 1.165) is 50.1 Å². The molecule has 1 heterocycles. The fourth-order valence-corrected chi connectivity index (χ4v) is 12.8. The Morgan fingerprint density at radius 2 is 1.71 bits per heavy atom. The summed E-state index contributed by atoms with van der Waals surface area (Å²) >= 11 is 0. The lowest BCUT2D eigenvalue weighted by molar-refractivity contribution is -0.237. The van der Waals surface area contributed by atoms with Crippen molar-refractivity contribution in [1.29, 1.82) is 0 Å². The smallest absolute Gasteiger partial charge is 0.171 e. The highest BCUT2D eigenvalue weighted by Crippen LogP contribution is 2.77. The van der Waals surface area contributed by atoms with Crippen LogP contribution in [0.25, 0.3) is 0 Å². The summed E-state index contributed by atoms with van der Waals surface area (Å²) in [5.41, 5.74) is 0.595. The van der Waals surface area contributed by atoms with E-state index >= 15 is 0 Å². The van der Waals surface area contributed by atoms with Crippen LogP contribution in [0, 0.1) is 62.6 Å². The molecule has 10 atom stereocenters. The maximum atomic E-state index is 13.3. The van der Waals surface area contributed by atoms with Gasteiger partial charge in [-0.15, -0.1) is 0 Å². The first-order chi connectivity index (χ1) is 19.3. The largest absolute Gasteiger partial charge is 0.353 e. The number of aldehydes is 1. The van der Waals surface area contributed by atoms with Gasteiger partial charge in [0, 0.05) is 12.0 Å². The fraction of sp³-hybridized carbons (Fsp3) is 0.892. The Labute approximate surface area is 250 Å². The Morgan fingerprint density at radius 3 is 2.39 bits per heavy atom. The number of hydrogen-bond acceptors (Lipinski definition) is 4. The Balaban J connectivity index is 1.35. The maximum absolute atomic E-state index is 13.3. The van der Waals surface area contributed by atoms with Crippen LogP contribution in [-0.4, -0.2) is 31.6 Å². The van der Waals surface area contributed by atoms with Crippen LogP contribution in [0.1, 0.15) is 126 Å². The summed E-state index contributed by atoms with van der Waals surface area (Å²) in [6.45, 7) is 18.5. The second kappa shape index (κ2) is 10.3. The number of ether oxygens (including phenoxy) is 2. The molecule has 2 unspecified atom stereocenters. The summed E-state index contributed by atoms with van der Waals surface area (Å²) in [4.78, 5) is 25.5. The monoisotopic (exact) mass is 566 g/mol. The van der Waals surface area contributed by atoms with Crippen molar-refractivity contribution in [3.05, 3.63) is 11.6 Å². The predicted octanol–water partition coefficient (Wildman–Crippen LogP) is 8.57. The minimum absolute atomic E-state index is 0.00381. The molecule has 5 aliphatic carbocycles. The van der Waals surface area contributed by atoms with Gasteiger partial charge in [0.1, 0.15) is 0 Å². The Kier molecular flexibility index (Phi) is 7.54. The highest BCUT2D eigenvalue weighted by atomic mass is 16.7. The van der Waals surface area contributed by atoms with Gasteiger partial charge in [-0.2, -0.15) is 0 Å². The molecule has 4 nitrogen and oxygen atoms in total. The predicted molar refractivity (Wildman–Crippen MR) is 163 cm³/mol. The molecule has 0 N–H and O–H groups in total. The summed E-state index contributed by atoms with van der Waals surface area (Å²) < 4.78 is 12.7. The molecule has 1 saturated heterocycles. The molecular weight excluding hydrogens is 508 g/mol. The summed E-state index contributed by atoms with van der Waals surface area (Å²) in [7, 11) is 0. The van der Waals surface area contributed by atoms with Crippen molar-refractivity contribution >= 4 is 12.1 Å². The van der Waals surface area contributed by atoms with Crippen LogP contribution in [0.3, 0.4) is 0 Å². The molecule has 0 aromatic heterocycles. The van der Waals surface area contributed by atoms with Crippen LogP contribution in [0.5, 0.6) is 0 Å². The molecule has 0 amide bonds. The zero-order valence-corrected chi connectivity index (χ0v) is 27.2. The number of fused-ring (bicyclic) bond motifs is 7. The zero-order valence-electron chi connectivity index (χ0n) is 27.2. The van der Waals surface area contributed by atoms with Gasteiger partial charge in [0.05, 0.1) is 12.2 Å². The van der Waals surface area contributed by atoms with Gasteiger partial charge < -0.3 is 9.47 Å². The lowest BCUT2D eigenvalue weighted by Gasteiger charge is -2.71. The van der Waals surface area contributed by atoms with Crippen LogP contribution >= 0.6 is 0 Å². The van der Waals surface area contributed by atoms with Crippen molar-refractivity contribution in [3.63, 3.8) is 0 Å². The van der Waals surface area contributed by atoms with E-state index in [4.69, 9.17) is 9.47 Å². The topological polar surface area (TPSA) is 52.6 Å². The van der Waals surface area contributed by atoms with Crippen molar-refractivity contribution in [1.82, 2.24) is 0 Å². The first-order valence-corrected chi connectivity index (χ1v) is 17.3. The molecule has 0 spiro atoms. The average molecular weight is 567 g/mol. The van der Waals surface area contributed by atoms with Gasteiger partial charge in [-0.05, 0) is 134 Å². The van der Waals surface area contributed by atoms with Crippen LogP contribution in [-0.2, 0) is 19.1 Å². The molecule has 41 heavy (non-hydrogen) atoms. The van der Waals surface area contributed by atoms with E-state index in [9.17, 15) is 9.59 Å². The van der Waals surface area contributed by atoms with E-state index in [2.05, 4.69) is 54.5 Å². The molecule has 0 bridgehead atoms. The number of hydrogen-bond donors (Lipinski definition) is 0. The first kappa shape index (κ1) is 30.0. The van der Waals surface area contributed by atoms with Gasteiger partial charge in [-0.25, -0.2) is 0 Å². The van der Waals surface area contributed by atoms with Gasteiger partial charge in [0.25, 0.3) is 0 Å². The third-order valence-electron chi connectivity index (χ3n) is 14.7. The average Bonchev–Trinajstić information content (AvgIpc) is 3.28. The summed E-state index contributed by atoms with van der Waals surface area (Å²) in [5, 5.41) is 0. The number of carbonyl (C=O) groups excluding carboxylic acids is 2. The summed E-state index contributed by atoms with van der Waals surface area (Å²) in [5.74, 6) is 3.81. The molecule has 6 aliphatic rings. The van der Waals surface area contributed by atoms with Crippen LogP contribution in [0.2, 0.25) is 0 Å². The van der Waals surface area contributed by atoms with E-state index in [1.165, 1.54) is 64.2 Å². The van der Waals surface area contributed by atoms with Gasteiger partial charge in [0.2, 0.25) is 0 Å². The number of rotatable bonds is 6. The number of allylic oxidation sites excluding steroid dienone is 2. The second-order valence-corrected chi connectivity index (χ2v) is 17.2. The van der Waals surface area contributed by atoms with Gasteiger partial charge in [0.15, 0.2) is 18.4 Å². The number of Topliss-reactive ketones (excluding diaryl/α,β-unsaturated/α-hetero) is 1. The molecule has 5 fully saturated rings. The van der Waals surface area contributed by atoms with Crippen molar-refractivity contribution < 1.29 is 19.1 Å². The van der Waals surface area contributed by atoms with Crippen LogP contribution < -0.4 is 0 Å². The molecule has 1 aliphatic heterocycles. The Morgan fingerprint density at radius 1 is 0.927 bits per heavy atom. The van der Waals surface area contributed by atoms with E-state index in [-0.39, 0.29) is 28.3 Å². The zero-order chi connectivity index (χ0) is 29.4. The standard InChI is InChI=1S/C37H58O4/c1-24(2)20-25-13-16-37(23-41-30-10-8-9-19-40-30)18-17-35(6)27(31(25)37)11-12-29-34(5)21-26(22-38)32(39)33(3,4)28(34)14-15-36(29,35)7/h21-22,24-25,27-31H,8-20,23H2,1-7H3/t25-,27+,28-,29?,30?,31+,34-,35+,36+,37+/m0/s1. The van der Waals surface area contributed by atoms with Crippen LogP contribution in [0.4, 0.5) is 0 Å². The first-order valence-electron chi connectivity index (χ1n) is 17.3. The van der Waals surface area contributed by atoms with Crippen molar-refractivity contribution in [2.45, 2.75) is 132 Å². The van der Waals surface area contributed by atoms with Crippen LogP contribution in [0.15, 0.2) is 11.6 Å². The minimum atomic E-state index is -0.479. The summed E-state index contributed by atoms with van der Waals surface area (Å²) in [6.07, 6.45) is 17.8. The number of carbonyl (C=O) groups is 2. The third kappa shape index (κ3) is 4.33. The van der Waals surface area contributed by atoms with E-state index in [0.29, 0.717) is 28.7 Å². The molecule has 6 rings (SSSR count). The maximum Gasteiger partial charge on any atom is 0.171 e. The Bertz CT molecular complexity index is 1070. The second-order valence-electron chi connectivity index (χ2n) is 17.2. The molecular formula is C37H58O4. The quantitative estimate of drug-likeness (QED) is 0.239. The molecule has 230 valence electrons. The Hall–Kier alpha value is -1.00. The lowest BCUT2D eigenvalue weighted by Crippen LogP contribution is -2.66. The van der Waals surface area contributed by atoms with Gasteiger partial charge in [-0.3, -0.25) is 9.59 Å². The van der Waals surface area contributed by atoms with Crippen molar-refractivity contribution in [3.8, 4) is 0 Å². The fourth-order valence-electron chi connectivity index (χ4n) is 12.8. The normalized spacial score (nSPS) is 49.0. The molecule has 4 heteroatoms. The van der Waals surface area contributed by atoms with Crippen molar-refractivity contribution in [2.75, 3.05) is 13.2 Å². The lowest BCUT2D eigenvalue weighted by atomic mass is 9.33. The highest BCUT2D eigenvalue weighted by molar-refractivity contribution is 6.15. The van der Waals surface area contributed by atoms with E-state index < -0.39 is 5.41 Å².